The maximum absolute atomic E-state index is 13.4. The second-order valence-corrected chi connectivity index (χ2v) is 8.26. The van der Waals surface area contributed by atoms with E-state index >= 15 is 0 Å². The van der Waals surface area contributed by atoms with Crippen molar-refractivity contribution >= 4 is 17.2 Å². The summed E-state index contributed by atoms with van der Waals surface area (Å²) in [4.78, 5) is 16.9. The molecule has 0 spiro atoms. The largest absolute Gasteiger partial charge is 0.352 e. The van der Waals surface area contributed by atoms with Crippen LogP contribution in [-0.4, -0.2) is 20.7 Å². The van der Waals surface area contributed by atoms with Crippen molar-refractivity contribution in [2.75, 3.05) is 0 Å². The summed E-state index contributed by atoms with van der Waals surface area (Å²) in [5.74, 6) is -0.406. The summed E-state index contributed by atoms with van der Waals surface area (Å²) in [5, 5.41) is 10.2. The Bertz CT molecular complexity index is 1200. The molecule has 0 aliphatic rings. The second-order valence-electron chi connectivity index (χ2n) is 7.40. The molecule has 0 aliphatic heterocycles. The second kappa shape index (κ2) is 9.22. The minimum Gasteiger partial charge on any atom is -0.352 e. The van der Waals surface area contributed by atoms with Gasteiger partial charge in [0.1, 0.15) is 10.8 Å². The summed E-state index contributed by atoms with van der Waals surface area (Å²) in [5.41, 5.74) is 5.56. The number of benzene rings is 2. The Labute approximate surface area is 184 Å². The van der Waals surface area contributed by atoms with E-state index in [1.807, 2.05) is 48.2 Å². The highest BCUT2D eigenvalue weighted by Crippen LogP contribution is 2.24. The van der Waals surface area contributed by atoms with Crippen molar-refractivity contribution in [1.82, 2.24) is 20.1 Å². The maximum atomic E-state index is 13.4. The molecule has 0 radical (unpaired) electrons. The van der Waals surface area contributed by atoms with Gasteiger partial charge in [-0.1, -0.05) is 42.5 Å². The SMILES string of the molecule is Cc1nn(Cc2ccccc2)c(C)c1CNC(=O)Cc1csc(-c2cccc(F)c2)n1. The van der Waals surface area contributed by atoms with Crippen molar-refractivity contribution in [2.45, 2.75) is 33.4 Å². The highest BCUT2D eigenvalue weighted by atomic mass is 32.1. The molecule has 0 atom stereocenters. The summed E-state index contributed by atoms with van der Waals surface area (Å²) in [6, 6.07) is 16.5. The summed E-state index contributed by atoms with van der Waals surface area (Å²) in [6.07, 6.45) is 0.183. The van der Waals surface area contributed by atoms with E-state index in [0.717, 1.165) is 17.0 Å². The van der Waals surface area contributed by atoms with Gasteiger partial charge >= 0.3 is 0 Å². The summed E-state index contributed by atoms with van der Waals surface area (Å²) >= 11 is 1.41. The van der Waals surface area contributed by atoms with Gasteiger partial charge in [0.2, 0.25) is 5.91 Å². The number of carbonyl (C=O) groups excluding carboxylic acids is 1. The average molecular weight is 435 g/mol. The number of rotatable bonds is 7. The fourth-order valence-electron chi connectivity index (χ4n) is 3.46. The fourth-order valence-corrected chi connectivity index (χ4v) is 4.27. The molecule has 0 bridgehead atoms. The molecule has 158 valence electrons. The minimum absolute atomic E-state index is 0.106. The third-order valence-corrected chi connectivity index (χ3v) is 6.07. The molecule has 0 aliphatic carbocycles. The van der Waals surface area contributed by atoms with Gasteiger partial charge in [-0.25, -0.2) is 9.37 Å². The molecule has 0 saturated heterocycles. The molecule has 0 fully saturated rings. The molecule has 1 N–H and O–H groups in total. The minimum atomic E-state index is -0.300. The molecule has 0 saturated carbocycles. The number of nitrogens with one attached hydrogen (secondary N) is 1. The van der Waals surface area contributed by atoms with E-state index in [1.54, 1.807) is 6.07 Å². The third-order valence-electron chi connectivity index (χ3n) is 5.13. The Balaban J connectivity index is 1.37. The highest BCUT2D eigenvalue weighted by Gasteiger charge is 2.14. The number of nitrogens with zero attached hydrogens (tertiary/aromatic N) is 3. The number of hydrogen-bond acceptors (Lipinski definition) is 4. The molecule has 7 heteroatoms. The monoisotopic (exact) mass is 434 g/mol. The Morgan fingerprint density at radius 1 is 1.13 bits per heavy atom. The van der Waals surface area contributed by atoms with Crippen LogP contribution in [-0.2, 0) is 24.3 Å². The van der Waals surface area contributed by atoms with Crippen molar-refractivity contribution in [3.63, 3.8) is 0 Å². The number of aryl methyl sites for hydroxylation is 1. The van der Waals surface area contributed by atoms with Crippen LogP contribution in [0.5, 0.6) is 0 Å². The highest BCUT2D eigenvalue weighted by molar-refractivity contribution is 7.13. The Kier molecular flexibility index (Phi) is 6.23. The molecule has 2 aromatic heterocycles. The zero-order valence-electron chi connectivity index (χ0n) is 17.4. The Morgan fingerprint density at radius 3 is 2.71 bits per heavy atom. The molecule has 4 rings (SSSR count). The maximum Gasteiger partial charge on any atom is 0.226 e. The zero-order valence-corrected chi connectivity index (χ0v) is 18.2. The molecule has 2 aromatic carbocycles. The summed E-state index contributed by atoms with van der Waals surface area (Å²) in [6.45, 7) is 5.10. The quantitative estimate of drug-likeness (QED) is 0.460. The first kappa shape index (κ1) is 20.9. The lowest BCUT2D eigenvalue weighted by molar-refractivity contribution is -0.120. The lowest BCUT2D eigenvalue weighted by atomic mass is 10.2. The first-order chi connectivity index (χ1) is 15.0. The smallest absolute Gasteiger partial charge is 0.226 e. The van der Waals surface area contributed by atoms with Crippen molar-refractivity contribution in [1.29, 1.82) is 0 Å². The standard InChI is InChI=1S/C24H23FN4OS/c1-16-22(17(2)29(28-16)14-18-7-4-3-5-8-18)13-26-23(30)12-21-15-31-24(27-21)19-9-6-10-20(25)11-19/h3-11,15H,12-14H2,1-2H3,(H,26,30). The van der Waals surface area contributed by atoms with Crippen molar-refractivity contribution < 1.29 is 9.18 Å². The van der Waals surface area contributed by atoms with Crippen LogP contribution in [0.4, 0.5) is 4.39 Å². The number of carbonyl (C=O) groups is 1. The number of amides is 1. The Morgan fingerprint density at radius 2 is 1.94 bits per heavy atom. The number of hydrogen-bond donors (Lipinski definition) is 1. The zero-order chi connectivity index (χ0) is 21.8. The first-order valence-corrected chi connectivity index (χ1v) is 10.9. The summed E-state index contributed by atoms with van der Waals surface area (Å²) in [7, 11) is 0. The van der Waals surface area contributed by atoms with Gasteiger partial charge in [-0.2, -0.15) is 5.10 Å². The van der Waals surface area contributed by atoms with Crippen molar-refractivity contribution in [3.05, 3.63) is 94.0 Å². The van der Waals surface area contributed by atoms with Crippen LogP contribution in [0.15, 0.2) is 60.0 Å². The van der Waals surface area contributed by atoms with Crippen LogP contribution in [0.2, 0.25) is 0 Å². The molecule has 4 aromatic rings. The van der Waals surface area contributed by atoms with Gasteiger partial charge in [-0.15, -0.1) is 11.3 Å². The van der Waals surface area contributed by atoms with E-state index in [2.05, 4.69) is 27.5 Å². The topological polar surface area (TPSA) is 59.8 Å². The van der Waals surface area contributed by atoms with Crippen LogP contribution >= 0.6 is 11.3 Å². The molecule has 1 amide bonds. The Hall–Kier alpha value is -3.32. The van der Waals surface area contributed by atoms with Crippen LogP contribution < -0.4 is 5.32 Å². The van der Waals surface area contributed by atoms with Gasteiger partial charge in [-0.05, 0) is 31.5 Å². The molecule has 2 heterocycles. The van der Waals surface area contributed by atoms with E-state index in [-0.39, 0.29) is 18.1 Å². The van der Waals surface area contributed by atoms with Gasteiger partial charge in [0.15, 0.2) is 0 Å². The third kappa shape index (κ3) is 5.06. The molecular formula is C24H23FN4OS. The predicted octanol–water partition coefficient (Wildman–Crippen LogP) is 4.67. The van der Waals surface area contributed by atoms with E-state index in [4.69, 9.17) is 0 Å². The number of halogens is 1. The van der Waals surface area contributed by atoms with Crippen LogP contribution in [0, 0.1) is 19.7 Å². The van der Waals surface area contributed by atoms with Gasteiger partial charge in [0, 0.05) is 28.7 Å². The van der Waals surface area contributed by atoms with Gasteiger partial charge in [-0.3, -0.25) is 9.48 Å². The van der Waals surface area contributed by atoms with E-state index in [1.165, 1.54) is 29.0 Å². The van der Waals surface area contributed by atoms with E-state index in [9.17, 15) is 9.18 Å². The van der Waals surface area contributed by atoms with E-state index < -0.39 is 0 Å². The summed E-state index contributed by atoms with van der Waals surface area (Å²) < 4.78 is 15.4. The number of aromatic nitrogens is 3. The lowest BCUT2D eigenvalue weighted by Crippen LogP contribution is -2.25. The molecule has 5 nitrogen and oxygen atoms in total. The number of thiazole rings is 1. The van der Waals surface area contributed by atoms with Gasteiger partial charge in [0.25, 0.3) is 0 Å². The predicted molar refractivity (Wildman–Crippen MR) is 120 cm³/mol. The van der Waals surface area contributed by atoms with E-state index in [0.29, 0.717) is 29.4 Å². The normalized spacial score (nSPS) is 10.9. The fraction of sp³-hybridized carbons (Fsp3) is 0.208. The first-order valence-electron chi connectivity index (χ1n) is 10.0. The van der Waals surface area contributed by atoms with Crippen LogP contribution in [0.25, 0.3) is 10.6 Å². The van der Waals surface area contributed by atoms with Gasteiger partial charge in [0.05, 0.1) is 24.4 Å². The molecule has 31 heavy (non-hydrogen) atoms. The molecule has 0 unspecified atom stereocenters. The van der Waals surface area contributed by atoms with Gasteiger partial charge < -0.3 is 5.32 Å². The lowest BCUT2D eigenvalue weighted by Gasteiger charge is -2.07. The average Bonchev–Trinajstić information content (AvgIpc) is 3.32. The van der Waals surface area contributed by atoms with Crippen LogP contribution in [0.3, 0.4) is 0 Å². The molecular weight excluding hydrogens is 411 g/mol. The van der Waals surface area contributed by atoms with Crippen molar-refractivity contribution in [3.8, 4) is 10.6 Å². The van der Waals surface area contributed by atoms with Crippen molar-refractivity contribution in [2.24, 2.45) is 0 Å². The van der Waals surface area contributed by atoms with Crippen LogP contribution in [0.1, 0.15) is 28.2 Å².